The maximum atomic E-state index is 12.6. The van der Waals surface area contributed by atoms with E-state index in [4.69, 9.17) is 0 Å². The summed E-state index contributed by atoms with van der Waals surface area (Å²) in [5.74, 6) is 0.660. The highest BCUT2D eigenvalue weighted by molar-refractivity contribution is 7.90. The van der Waals surface area contributed by atoms with E-state index in [1.807, 2.05) is 0 Å². The molecule has 2 N–H and O–H groups in total. The van der Waals surface area contributed by atoms with Gasteiger partial charge in [-0.15, -0.1) is 0 Å². The Kier molecular flexibility index (Phi) is 4.91. The zero-order chi connectivity index (χ0) is 14.9. The summed E-state index contributed by atoms with van der Waals surface area (Å²) in [7, 11) is -3.18. The standard InChI is InChI=1S/C16H29NO3S/c18-16-11-10-15(13-8-4-5-9-14(13)16)17-21(19,20)12-6-2-1-3-7-12/h12-18H,1-11H2. The maximum Gasteiger partial charge on any atom is 0.214 e. The van der Waals surface area contributed by atoms with Crippen molar-refractivity contribution in [2.45, 2.75) is 88.0 Å². The normalized spacial score (nSPS) is 38.9. The number of rotatable bonds is 3. The first-order chi connectivity index (χ1) is 10.1. The van der Waals surface area contributed by atoms with Gasteiger partial charge in [0, 0.05) is 6.04 Å². The fourth-order valence-electron chi connectivity index (χ4n) is 4.77. The Bertz CT molecular complexity index is 444. The number of nitrogens with one attached hydrogen (secondary N) is 1. The van der Waals surface area contributed by atoms with Crippen LogP contribution in [-0.2, 0) is 10.0 Å². The minimum absolute atomic E-state index is 0.0608. The van der Waals surface area contributed by atoms with Crippen molar-refractivity contribution < 1.29 is 13.5 Å². The Morgan fingerprint density at radius 1 is 0.762 bits per heavy atom. The van der Waals surface area contributed by atoms with Crippen LogP contribution in [0.5, 0.6) is 0 Å². The number of fused-ring (bicyclic) bond motifs is 1. The molecule has 4 nitrogen and oxygen atoms in total. The highest BCUT2D eigenvalue weighted by atomic mass is 32.2. The van der Waals surface area contributed by atoms with E-state index >= 15 is 0 Å². The van der Waals surface area contributed by atoms with E-state index in [0.717, 1.165) is 51.4 Å². The fraction of sp³-hybridized carbons (Fsp3) is 1.00. The van der Waals surface area contributed by atoms with Gasteiger partial charge >= 0.3 is 0 Å². The van der Waals surface area contributed by atoms with Gasteiger partial charge in [0.05, 0.1) is 11.4 Å². The summed E-state index contributed by atoms with van der Waals surface area (Å²) in [4.78, 5) is 0. The minimum Gasteiger partial charge on any atom is -0.393 e. The van der Waals surface area contributed by atoms with Crippen LogP contribution in [0.25, 0.3) is 0 Å². The molecule has 5 heteroatoms. The Hall–Kier alpha value is -0.130. The highest BCUT2D eigenvalue weighted by Gasteiger charge is 2.42. The van der Waals surface area contributed by atoms with E-state index in [9.17, 15) is 13.5 Å². The summed E-state index contributed by atoms with van der Waals surface area (Å²) >= 11 is 0. The molecule has 21 heavy (non-hydrogen) atoms. The van der Waals surface area contributed by atoms with Crippen molar-refractivity contribution >= 4 is 10.0 Å². The second kappa shape index (κ2) is 6.55. The third-order valence-corrected chi connectivity index (χ3v) is 7.95. The van der Waals surface area contributed by atoms with E-state index in [-0.39, 0.29) is 17.4 Å². The molecule has 122 valence electrons. The number of aliphatic hydroxyl groups is 1. The van der Waals surface area contributed by atoms with Gasteiger partial charge < -0.3 is 5.11 Å². The van der Waals surface area contributed by atoms with Crippen LogP contribution in [0.3, 0.4) is 0 Å². The van der Waals surface area contributed by atoms with Crippen LogP contribution in [0, 0.1) is 11.8 Å². The summed E-state index contributed by atoms with van der Waals surface area (Å²) < 4.78 is 28.3. The zero-order valence-corrected chi connectivity index (χ0v) is 13.7. The van der Waals surface area contributed by atoms with E-state index < -0.39 is 10.0 Å². The monoisotopic (exact) mass is 315 g/mol. The van der Waals surface area contributed by atoms with Gasteiger partial charge in [0.2, 0.25) is 10.0 Å². The van der Waals surface area contributed by atoms with Gasteiger partial charge in [-0.3, -0.25) is 0 Å². The van der Waals surface area contributed by atoms with Crippen LogP contribution in [-0.4, -0.2) is 30.9 Å². The first-order valence-corrected chi connectivity index (χ1v) is 10.3. The summed E-state index contributed by atoms with van der Waals surface area (Å²) in [5, 5.41) is 10.0. The van der Waals surface area contributed by atoms with Crippen molar-refractivity contribution in [2.24, 2.45) is 11.8 Å². The molecule has 0 aliphatic heterocycles. The van der Waals surface area contributed by atoms with E-state index in [1.54, 1.807) is 0 Å². The Balaban J connectivity index is 1.68. The molecule has 3 fully saturated rings. The molecule has 4 atom stereocenters. The lowest BCUT2D eigenvalue weighted by Crippen LogP contribution is -2.52. The van der Waals surface area contributed by atoms with E-state index in [0.29, 0.717) is 11.8 Å². The molecule has 0 radical (unpaired) electrons. The Morgan fingerprint density at radius 2 is 1.38 bits per heavy atom. The average molecular weight is 315 g/mol. The lowest BCUT2D eigenvalue weighted by molar-refractivity contribution is -0.00286. The third-order valence-electron chi connectivity index (χ3n) is 5.97. The molecule has 0 saturated heterocycles. The quantitative estimate of drug-likeness (QED) is 0.841. The fourth-order valence-corrected chi connectivity index (χ4v) is 6.63. The lowest BCUT2D eigenvalue weighted by Gasteiger charge is -2.44. The number of aliphatic hydroxyl groups excluding tert-OH is 1. The van der Waals surface area contributed by atoms with Gasteiger partial charge in [0.15, 0.2) is 0 Å². The second-order valence-corrected chi connectivity index (χ2v) is 9.28. The van der Waals surface area contributed by atoms with Crippen molar-refractivity contribution in [1.82, 2.24) is 4.72 Å². The third kappa shape index (κ3) is 3.45. The molecule has 3 saturated carbocycles. The zero-order valence-electron chi connectivity index (χ0n) is 12.8. The summed E-state index contributed by atoms with van der Waals surface area (Å²) in [6, 6.07) is 0.0608. The SMILES string of the molecule is O=S(=O)(NC1CCC(O)C2CCCCC12)C1CCCCC1. The molecule has 0 aromatic rings. The number of sulfonamides is 1. The number of hydrogen-bond donors (Lipinski definition) is 2. The maximum absolute atomic E-state index is 12.6. The van der Waals surface area contributed by atoms with Gasteiger partial charge in [-0.2, -0.15) is 0 Å². The van der Waals surface area contributed by atoms with Crippen molar-refractivity contribution in [3.63, 3.8) is 0 Å². The molecule has 3 aliphatic carbocycles. The molecule has 3 aliphatic rings. The van der Waals surface area contributed by atoms with E-state index in [2.05, 4.69) is 4.72 Å². The van der Waals surface area contributed by atoms with Crippen LogP contribution < -0.4 is 4.72 Å². The first-order valence-electron chi connectivity index (χ1n) is 8.77. The molecule has 0 bridgehead atoms. The number of hydrogen-bond acceptors (Lipinski definition) is 3. The van der Waals surface area contributed by atoms with Crippen molar-refractivity contribution in [3.8, 4) is 0 Å². The largest absolute Gasteiger partial charge is 0.393 e. The topological polar surface area (TPSA) is 66.4 Å². The predicted octanol–water partition coefficient (Wildman–Crippen LogP) is 2.57. The Labute approximate surface area is 128 Å². The Morgan fingerprint density at radius 3 is 2.10 bits per heavy atom. The molecular weight excluding hydrogens is 286 g/mol. The molecule has 0 spiro atoms. The minimum atomic E-state index is -3.18. The summed E-state index contributed by atoms with van der Waals surface area (Å²) in [6.07, 6.45) is 10.7. The van der Waals surface area contributed by atoms with Crippen LogP contribution in [0.2, 0.25) is 0 Å². The molecule has 4 unspecified atom stereocenters. The van der Waals surface area contributed by atoms with Gasteiger partial charge in [-0.1, -0.05) is 32.1 Å². The molecule has 0 amide bonds. The van der Waals surface area contributed by atoms with Crippen LogP contribution >= 0.6 is 0 Å². The van der Waals surface area contributed by atoms with Crippen molar-refractivity contribution in [3.05, 3.63) is 0 Å². The van der Waals surface area contributed by atoms with Gasteiger partial charge in [-0.25, -0.2) is 13.1 Å². The predicted molar refractivity (Wildman–Crippen MR) is 83.4 cm³/mol. The van der Waals surface area contributed by atoms with Gasteiger partial charge in [-0.05, 0) is 50.4 Å². The first kappa shape index (κ1) is 15.8. The van der Waals surface area contributed by atoms with Crippen LogP contribution in [0.15, 0.2) is 0 Å². The smallest absolute Gasteiger partial charge is 0.214 e. The molecule has 0 aromatic heterocycles. The molecule has 3 rings (SSSR count). The molecule has 0 heterocycles. The van der Waals surface area contributed by atoms with Crippen molar-refractivity contribution in [2.75, 3.05) is 0 Å². The highest BCUT2D eigenvalue weighted by Crippen LogP contribution is 2.41. The second-order valence-electron chi connectivity index (χ2n) is 7.29. The van der Waals surface area contributed by atoms with Gasteiger partial charge in [0.25, 0.3) is 0 Å². The van der Waals surface area contributed by atoms with Crippen molar-refractivity contribution in [1.29, 1.82) is 0 Å². The van der Waals surface area contributed by atoms with Crippen LogP contribution in [0.1, 0.15) is 70.6 Å². The summed E-state index contributed by atoms with van der Waals surface area (Å²) in [5.41, 5.74) is 0. The summed E-state index contributed by atoms with van der Waals surface area (Å²) in [6.45, 7) is 0. The van der Waals surface area contributed by atoms with Gasteiger partial charge in [0.1, 0.15) is 0 Å². The lowest BCUT2D eigenvalue weighted by atomic mass is 9.67. The molecular formula is C16H29NO3S. The average Bonchev–Trinajstić information content (AvgIpc) is 2.51. The van der Waals surface area contributed by atoms with Crippen LogP contribution in [0.4, 0.5) is 0 Å². The van der Waals surface area contributed by atoms with E-state index in [1.165, 1.54) is 19.3 Å². The molecule has 0 aromatic carbocycles.